The van der Waals surface area contributed by atoms with E-state index in [4.69, 9.17) is 0 Å². The predicted octanol–water partition coefficient (Wildman–Crippen LogP) is 3.31. The van der Waals surface area contributed by atoms with Crippen molar-refractivity contribution >= 4 is 10.0 Å². The SMILES string of the molecule is Cc1ccccc1C(C)NS(=O)(=O)c1ccc(F)cc1F. The summed E-state index contributed by atoms with van der Waals surface area (Å²) in [5.41, 5.74) is 1.72. The van der Waals surface area contributed by atoms with Crippen LogP contribution in [0.25, 0.3) is 0 Å². The van der Waals surface area contributed by atoms with Crippen molar-refractivity contribution in [1.29, 1.82) is 0 Å². The first-order valence-corrected chi connectivity index (χ1v) is 7.82. The normalized spacial score (nSPS) is 13.1. The van der Waals surface area contributed by atoms with Crippen LogP contribution in [0.2, 0.25) is 0 Å². The van der Waals surface area contributed by atoms with Gasteiger partial charge < -0.3 is 0 Å². The van der Waals surface area contributed by atoms with E-state index in [-0.39, 0.29) is 0 Å². The summed E-state index contributed by atoms with van der Waals surface area (Å²) in [5, 5.41) is 0. The highest BCUT2D eigenvalue weighted by Gasteiger charge is 2.22. The molecule has 0 saturated heterocycles. The molecule has 0 radical (unpaired) electrons. The van der Waals surface area contributed by atoms with Gasteiger partial charge in [0.05, 0.1) is 0 Å². The molecule has 1 atom stereocenters. The average Bonchev–Trinajstić information content (AvgIpc) is 2.37. The lowest BCUT2D eigenvalue weighted by atomic mass is 10.0. The van der Waals surface area contributed by atoms with Crippen LogP contribution in [0.4, 0.5) is 8.78 Å². The standard InChI is InChI=1S/C15H15F2NO2S/c1-10-5-3-4-6-13(10)11(2)18-21(19,20)15-8-7-12(16)9-14(15)17/h3-9,11,18H,1-2H3. The van der Waals surface area contributed by atoms with Gasteiger partial charge in [0.2, 0.25) is 10.0 Å². The van der Waals surface area contributed by atoms with Gasteiger partial charge in [0, 0.05) is 12.1 Å². The van der Waals surface area contributed by atoms with E-state index in [2.05, 4.69) is 4.72 Å². The second-order valence-electron chi connectivity index (χ2n) is 4.77. The number of hydrogen-bond acceptors (Lipinski definition) is 2. The van der Waals surface area contributed by atoms with Crippen molar-refractivity contribution < 1.29 is 17.2 Å². The van der Waals surface area contributed by atoms with Crippen molar-refractivity contribution in [3.63, 3.8) is 0 Å². The second kappa shape index (κ2) is 5.91. The number of halogens is 2. The van der Waals surface area contributed by atoms with Crippen LogP contribution >= 0.6 is 0 Å². The van der Waals surface area contributed by atoms with Crippen molar-refractivity contribution in [3.05, 3.63) is 65.2 Å². The number of sulfonamides is 1. The molecule has 112 valence electrons. The molecule has 1 N–H and O–H groups in total. The van der Waals surface area contributed by atoms with E-state index in [9.17, 15) is 17.2 Å². The fraction of sp³-hybridized carbons (Fsp3) is 0.200. The minimum Gasteiger partial charge on any atom is -0.207 e. The summed E-state index contributed by atoms with van der Waals surface area (Å²) in [4.78, 5) is -0.565. The van der Waals surface area contributed by atoms with Gasteiger partial charge in [-0.2, -0.15) is 0 Å². The van der Waals surface area contributed by atoms with Crippen LogP contribution in [0.5, 0.6) is 0 Å². The number of aryl methyl sites for hydroxylation is 1. The first-order chi connectivity index (χ1) is 9.81. The van der Waals surface area contributed by atoms with Gasteiger partial charge in [0.25, 0.3) is 0 Å². The maximum atomic E-state index is 13.6. The maximum absolute atomic E-state index is 13.6. The van der Waals surface area contributed by atoms with E-state index in [1.165, 1.54) is 0 Å². The lowest BCUT2D eigenvalue weighted by Gasteiger charge is -2.17. The van der Waals surface area contributed by atoms with Gasteiger partial charge >= 0.3 is 0 Å². The third-order valence-corrected chi connectivity index (χ3v) is 4.74. The Morgan fingerprint density at radius 2 is 1.76 bits per heavy atom. The van der Waals surface area contributed by atoms with Gasteiger partial charge in [-0.3, -0.25) is 0 Å². The highest BCUT2D eigenvalue weighted by atomic mass is 32.2. The molecule has 0 heterocycles. The highest BCUT2D eigenvalue weighted by Crippen LogP contribution is 2.21. The maximum Gasteiger partial charge on any atom is 0.244 e. The molecule has 0 amide bonds. The summed E-state index contributed by atoms with van der Waals surface area (Å²) in [7, 11) is -4.06. The van der Waals surface area contributed by atoms with E-state index >= 15 is 0 Å². The minimum atomic E-state index is -4.06. The first kappa shape index (κ1) is 15.6. The van der Waals surface area contributed by atoms with Crippen LogP contribution < -0.4 is 4.72 Å². The summed E-state index contributed by atoms with van der Waals surface area (Å²) in [6.45, 7) is 3.53. The van der Waals surface area contributed by atoms with E-state index in [0.717, 1.165) is 23.3 Å². The summed E-state index contributed by atoms with van der Waals surface area (Å²) >= 11 is 0. The predicted molar refractivity (Wildman–Crippen MR) is 76.3 cm³/mol. The van der Waals surface area contributed by atoms with Gasteiger partial charge in [0.1, 0.15) is 16.5 Å². The van der Waals surface area contributed by atoms with Crippen molar-refractivity contribution in [2.45, 2.75) is 24.8 Å². The third kappa shape index (κ3) is 3.46. The minimum absolute atomic E-state index is 0.527. The van der Waals surface area contributed by atoms with Crippen molar-refractivity contribution in [1.82, 2.24) is 4.72 Å². The Morgan fingerprint density at radius 1 is 1.10 bits per heavy atom. The van der Waals surface area contributed by atoms with Gasteiger partial charge in [-0.15, -0.1) is 0 Å². The third-order valence-electron chi connectivity index (χ3n) is 3.17. The summed E-state index contributed by atoms with van der Waals surface area (Å²) in [6.07, 6.45) is 0. The highest BCUT2D eigenvalue weighted by molar-refractivity contribution is 7.89. The molecule has 0 aliphatic rings. The van der Waals surface area contributed by atoms with Crippen LogP contribution in [0.1, 0.15) is 24.1 Å². The molecule has 2 rings (SSSR count). The quantitative estimate of drug-likeness (QED) is 0.941. The zero-order valence-electron chi connectivity index (χ0n) is 11.6. The molecule has 21 heavy (non-hydrogen) atoms. The number of hydrogen-bond donors (Lipinski definition) is 1. The molecule has 2 aromatic carbocycles. The molecule has 0 aliphatic carbocycles. The Hall–Kier alpha value is -1.79. The van der Waals surface area contributed by atoms with Crippen LogP contribution in [-0.2, 0) is 10.0 Å². The fourth-order valence-electron chi connectivity index (χ4n) is 2.13. The Morgan fingerprint density at radius 3 is 2.38 bits per heavy atom. The molecule has 6 heteroatoms. The van der Waals surface area contributed by atoms with E-state index in [0.29, 0.717) is 6.07 Å². The average molecular weight is 311 g/mol. The van der Waals surface area contributed by atoms with Gasteiger partial charge in [-0.05, 0) is 37.1 Å². The lowest BCUT2D eigenvalue weighted by Crippen LogP contribution is -2.28. The monoisotopic (exact) mass is 311 g/mol. The Bertz CT molecular complexity index is 760. The summed E-state index contributed by atoms with van der Waals surface area (Å²) in [5.74, 6) is -1.93. The van der Waals surface area contributed by atoms with Gasteiger partial charge in [-0.1, -0.05) is 24.3 Å². The van der Waals surface area contributed by atoms with Crippen molar-refractivity contribution in [2.75, 3.05) is 0 Å². The number of rotatable bonds is 4. The summed E-state index contributed by atoms with van der Waals surface area (Å²) < 4.78 is 53.3. The van der Waals surface area contributed by atoms with Gasteiger partial charge in [-0.25, -0.2) is 21.9 Å². The van der Waals surface area contributed by atoms with Crippen LogP contribution in [0, 0.1) is 18.6 Å². The van der Waals surface area contributed by atoms with Crippen LogP contribution in [-0.4, -0.2) is 8.42 Å². The molecule has 1 unspecified atom stereocenters. The van der Waals surface area contributed by atoms with E-state index in [1.54, 1.807) is 19.1 Å². The molecule has 0 bridgehead atoms. The Balaban J connectivity index is 2.31. The Kier molecular flexibility index (Phi) is 4.39. The van der Waals surface area contributed by atoms with E-state index in [1.807, 2.05) is 19.1 Å². The molecule has 0 fully saturated rings. The number of benzene rings is 2. The lowest BCUT2D eigenvalue weighted by molar-refractivity contribution is 0.536. The largest absolute Gasteiger partial charge is 0.244 e. The first-order valence-electron chi connectivity index (χ1n) is 6.34. The molecule has 0 saturated carbocycles. The zero-order valence-corrected chi connectivity index (χ0v) is 12.4. The Labute approximate surface area is 122 Å². The number of nitrogens with one attached hydrogen (secondary N) is 1. The summed E-state index contributed by atoms with van der Waals surface area (Å²) in [6, 6.07) is 9.15. The smallest absolute Gasteiger partial charge is 0.207 e. The van der Waals surface area contributed by atoms with Crippen molar-refractivity contribution in [3.8, 4) is 0 Å². The van der Waals surface area contributed by atoms with E-state index < -0.39 is 32.6 Å². The fourth-order valence-corrected chi connectivity index (χ4v) is 3.41. The topological polar surface area (TPSA) is 46.2 Å². The molecule has 0 aliphatic heterocycles. The van der Waals surface area contributed by atoms with Crippen LogP contribution in [0.15, 0.2) is 47.4 Å². The molecule has 0 aromatic heterocycles. The molecule has 3 nitrogen and oxygen atoms in total. The molecular formula is C15H15F2NO2S. The molecular weight excluding hydrogens is 296 g/mol. The molecule has 2 aromatic rings. The van der Waals surface area contributed by atoms with Crippen molar-refractivity contribution in [2.24, 2.45) is 0 Å². The zero-order chi connectivity index (χ0) is 15.6. The van der Waals surface area contributed by atoms with Crippen LogP contribution in [0.3, 0.4) is 0 Å². The van der Waals surface area contributed by atoms with Gasteiger partial charge in [0.15, 0.2) is 0 Å². The molecule has 0 spiro atoms. The second-order valence-corrected chi connectivity index (χ2v) is 6.46.